The second kappa shape index (κ2) is 7.58. The van der Waals surface area contributed by atoms with Crippen LogP contribution in [0.4, 0.5) is 0 Å². The molecule has 1 atom stereocenters. The van der Waals surface area contributed by atoms with Crippen LogP contribution in [0.2, 0.25) is 0 Å². The molecule has 1 N–H and O–H groups in total. The van der Waals surface area contributed by atoms with Crippen LogP contribution in [0, 0.1) is 0 Å². The molecule has 1 heterocycles. The first-order valence-electron chi connectivity index (χ1n) is 7.67. The summed E-state index contributed by atoms with van der Waals surface area (Å²) in [5, 5.41) is 13.7. The molecule has 0 bridgehead atoms. The summed E-state index contributed by atoms with van der Waals surface area (Å²) in [5.41, 5.74) is 1.29. The number of likely N-dealkylation sites (N-methyl/N-ethyl adjacent to an activating group) is 1. The SMILES string of the molecule is CCN(C(=O)c1cnn(CC)c1)C(Cc1ccccc1)C(=O)O. The number of carboxylic acids is 1. The van der Waals surface area contributed by atoms with Gasteiger partial charge in [-0.05, 0) is 19.4 Å². The maximum absolute atomic E-state index is 12.7. The zero-order valence-corrected chi connectivity index (χ0v) is 13.3. The third-order valence-corrected chi connectivity index (χ3v) is 3.74. The fourth-order valence-corrected chi connectivity index (χ4v) is 2.49. The molecular formula is C17H21N3O3. The first kappa shape index (κ1) is 16.7. The highest BCUT2D eigenvalue weighted by Gasteiger charge is 2.30. The summed E-state index contributed by atoms with van der Waals surface area (Å²) in [5.74, 6) is -1.32. The molecule has 0 aliphatic rings. The second-order valence-corrected chi connectivity index (χ2v) is 5.22. The summed E-state index contributed by atoms with van der Waals surface area (Å²) >= 11 is 0. The summed E-state index contributed by atoms with van der Waals surface area (Å²) in [4.78, 5) is 25.7. The van der Waals surface area contributed by atoms with E-state index in [0.717, 1.165) is 5.56 Å². The van der Waals surface area contributed by atoms with Crippen LogP contribution < -0.4 is 0 Å². The largest absolute Gasteiger partial charge is 0.480 e. The zero-order valence-electron chi connectivity index (χ0n) is 13.3. The fraction of sp³-hybridized carbons (Fsp3) is 0.353. The van der Waals surface area contributed by atoms with Crippen LogP contribution in [0.5, 0.6) is 0 Å². The van der Waals surface area contributed by atoms with Crippen LogP contribution in [0.15, 0.2) is 42.7 Å². The van der Waals surface area contributed by atoms with E-state index in [9.17, 15) is 14.7 Å². The molecule has 122 valence electrons. The molecule has 0 aliphatic carbocycles. The number of benzene rings is 1. The molecule has 0 saturated carbocycles. The minimum Gasteiger partial charge on any atom is -0.480 e. The Morgan fingerprint density at radius 1 is 1.26 bits per heavy atom. The number of carboxylic acid groups (broad SMARTS) is 1. The zero-order chi connectivity index (χ0) is 16.8. The van der Waals surface area contributed by atoms with Crippen molar-refractivity contribution in [1.82, 2.24) is 14.7 Å². The third-order valence-electron chi connectivity index (χ3n) is 3.74. The number of carbonyl (C=O) groups excluding carboxylic acids is 1. The van der Waals surface area contributed by atoms with E-state index in [1.165, 1.54) is 11.1 Å². The standard InChI is InChI=1S/C17H21N3O3/c1-3-19-12-14(11-18-19)16(21)20(4-2)15(17(22)23)10-13-8-6-5-7-9-13/h5-9,11-12,15H,3-4,10H2,1-2H3,(H,22,23). The molecule has 0 spiro atoms. The van der Waals surface area contributed by atoms with Gasteiger partial charge in [-0.15, -0.1) is 0 Å². The van der Waals surface area contributed by atoms with Crippen molar-refractivity contribution in [2.75, 3.05) is 6.54 Å². The molecule has 1 unspecified atom stereocenters. The number of carbonyl (C=O) groups is 2. The van der Waals surface area contributed by atoms with Gasteiger partial charge in [-0.3, -0.25) is 9.48 Å². The molecule has 1 aromatic carbocycles. The normalized spacial score (nSPS) is 11.9. The van der Waals surface area contributed by atoms with Crippen molar-refractivity contribution >= 4 is 11.9 Å². The minimum absolute atomic E-state index is 0.275. The smallest absolute Gasteiger partial charge is 0.326 e. The minimum atomic E-state index is -1.01. The summed E-state index contributed by atoms with van der Waals surface area (Å²) in [6, 6.07) is 8.42. The molecule has 2 aromatic rings. The van der Waals surface area contributed by atoms with Crippen LogP contribution in [0.3, 0.4) is 0 Å². The highest BCUT2D eigenvalue weighted by Crippen LogP contribution is 2.13. The number of aromatic nitrogens is 2. The van der Waals surface area contributed by atoms with E-state index in [2.05, 4.69) is 5.10 Å². The lowest BCUT2D eigenvalue weighted by molar-refractivity contribution is -0.142. The lowest BCUT2D eigenvalue weighted by atomic mass is 10.0. The maximum Gasteiger partial charge on any atom is 0.326 e. The van der Waals surface area contributed by atoms with Crippen molar-refractivity contribution < 1.29 is 14.7 Å². The van der Waals surface area contributed by atoms with Crippen molar-refractivity contribution in [1.29, 1.82) is 0 Å². The van der Waals surface area contributed by atoms with Crippen molar-refractivity contribution in [2.24, 2.45) is 0 Å². The van der Waals surface area contributed by atoms with E-state index in [-0.39, 0.29) is 12.3 Å². The molecule has 6 nitrogen and oxygen atoms in total. The van der Waals surface area contributed by atoms with Gasteiger partial charge < -0.3 is 10.0 Å². The maximum atomic E-state index is 12.7. The molecular weight excluding hydrogens is 294 g/mol. The fourth-order valence-electron chi connectivity index (χ4n) is 2.49. The van der Waals surface area contributed by atoms with Crippen molar-refractivity contribution in [3.8, 4) is 0 Å². The van der Waals surface area contributed by atoms with Crippen molar-refractivity contribution in [2.45, 2.75) is 32.9 Å². The summed E-state index contributed by atoms with van der Waals surface area (Å²) in [6.45, 7) is 4.68. The lowest BCUT2D eigenvalue weighted by Gasteiger charge is -2.27. The van der Waals surface area contributed by atoms with Gasteiger partial charge in [-0.25, -0.2) is 4.79 Å². The molecule has 1 aromatic heterocycles. The van der Waals surface area contributed by atoms with Crippen molar-refractivity contribution in [3.05, 3.63) is 53.9 Å². The number of aliphatic carboxylic acids is 1. The van der Waals surface area contributed by atoms with E-state index in [1.54, 1.807) is 17.8 Å². The Hall–Kier alpha value is -2.63. The number of hydrogen-bond acceptors (Lipinski definition) is 3. The van der Waals surface area contributed by atoms with Crippen LogP contribution in [0.25, 0.3) is 0 Å². The number of aryl methyl sites for hydroxylation is 1. The highest BCUT2D eigenvalue weighted by molar-refractivity contribution is 5.96. The third kappa shape index (κ3) is 3.97. The van der Waals surface area contributed by atoms with Crippen LogP contribution in [-0.2, 0) is 17.8 Å². The Morgan fingerprint density at radius 2 is 1.96 bits per heavy atom. The highest BCUT2D eigenvalue weighted by atomic mass is 16.4. The quantitative estimate of drug-likeness (QED) is 0.848. The predicted molar refractivity (Wildman–Crippen MR) is 86.2 cm³/mol. The van der Waals surface area contributed by atoms with E-state index in [1.807, 2.05) is 37.3 Å². The Morgan fingerprint density at radius 3 is 2.48 bits per heavy atom. The van der Waals surface area contributed by atoms with Crippen molar-refractivity contribution in [3.63, 3.8) is 0 Å². The molecule has 1 amide bonds. The van der Waals surface area contributed by atoms with Gasteiger partial charge in [-0.2, -0.15) is 5.10 Å². The topological polar surface area (TPSA) is 75.4 Å². The second-order valence-electron chi connectivity index (χ2n) is 5.22. The molecule has 0 fully saturated rings. The van der Waals surface area contributed by atoms with Gasteiger partial charge >= 0.3 is 5.97 Å². The molecule has 0 radical (unpaired) electrons. The van der Waals surface area contributed by atoms with Gasteiger partial charge in [0.15, 0.2) is 0 Å². The van der Waals surface area contributed by atoms with Gasteiger partial charge in [0.2, 0.25) is 0 Å². The predicted octanol–water partition coefficient (Wildman–Crippen LogP) is 2.06. The van der Waals surface area contributed by atoms with Crippen LogP contribution in [0.1, 0.15) is 29.8 Å². The van der Waals surface area contributed by atoms with Gasteiger partial charge in [-0.1, -0.05) is 30.3 Å². The van der Waals surface area contributed by atoms with Gasteiger partial charge in [0, 0.05) is 25.7 Å². The number of rotatable bonds is 7. The summed E-state index contributed by atoms with van der Waals surface area (Å²) in [7, 11) is 0. The monoisotopic (exact) mass is 315 g/mol. The Bertz CT molecular complexity index is 667. The van der Waals surface area contributed by atoms with E-state index in [0.29, 0.717) is 18.7 Å². The van der Waals surface area contributed by atoms with E-state index in [4.69, 9.17) is 0 Å². The number of amides is 1. The number of nitrogens with zero attached hydrogens (tertiary/aromatic N) is 3. The van der Waals surface area contributed by atoms with Gasteiger partial charge in [0.05, 0.1) is 11.8 Å². The Labute approximate surface area is 135 Å². The summed E-state index contributed by atoms with van der Waals surface area (Å²) < 4.78 is 1.65. The lowest BCUT2D eigenvalue weighted by Crippen LogP contribution is -2.46. The Balaban J connectivity index is 2.23. The molecule has 2 rings (SSSR count). The van der Waals surface area contributed by atoms with E-state index >= 15 is 0 Å². The molecule has 0 aliphatic heterocycles. The first-order chi connectivity index (χ1) is 11.1. The van der Waals surface area contributed by atoms with Crippen LogP contribution >= 0.6 is 0 Å². The molecule has 23 heavy (non-hydrogen) atoms. The first-order valence-corrected chi connectivity index (χ1v) is 7.67. The van der Waals surface area contributed by atoms with Crippen LogP contribution in [-0.4, -0.2) is 44.3 Å². The molecule has 0 saturated heterocycles. The average Bonchev–Trinajstić information content (AvgIpc) is 3.04. The summed E-state index contributed by atoms with van der Waals surface area (Å²) in [6.07, 6.45) is 3.40. The van der Waals surface area contributed by atoms with Gasteiger partial charge in [0.25, 0.3) is 5.91 Å². The van der Waals surface area contributed by atoms with E-state index < -0.39 is 12.0 Å². The van der Waals surface area contributed by atoms with Gasteiger partial charge in [0.1, 0.15) is 6.04 Å². The average molecular weight is 315 g/mol. The molecule has 6 heteroatoms. The number of hydrogen-bond donors (Lipinski definition) is 1. The Kier molecular flexibility index (Phi) is 5.51.